The number of benzene rings is 1. The molecule has 14 heavy (non-hydrogen) atoms. The second kappa shape index (κ2) is 5.86. The molecule has 0 amide bonds. The lowest BCUT2D eigenvalue weighted by Gasteiger charge is -2.00. The summed E-state index contributed by atoms with van der Waals surface area (Å²) in [5.41, 5.74) is 0.804. The molecule has 0 spiro atoms. The summed E-state index contributed by atoms with van der Waals surface area (Å²) in [6.45, 7) is 1.96. The van der Waals surface area contributed by atoms with Gasteiger partial charge >= 0.3 is 0 Å². The van der Waals surface area contributed by atoms with E-state index in [1.165, 1.54) is 0 Å². The van der Waals surface area contributed by atoms with E-state index in [-0.39, 0.29) is 0 Å². The van der Waals surface area contributed by atoms with E-state index in [4.69, 9.17) is 0 Å². The third kappa shape index (κ3) is 3.35. The van der Waals surface area contributed by atoms with Crippen molar-refractivity contribution < 1.29 is 5.11 Å². The molecule has 0 saturated heterocycles. The van der Waals surface area contributed by atoms with Gasteiger partial charge in [0.05, 0.1) is 0 Å². The largest absolute Gasteiger partial charge is 0.376 e. The monoisotopic (exact) mass is 184 g/mol. The van der Waals surface area contributed by atoms with Gasteiger partial charge in [0.2, 0.25) is 0 Å². The Kier molecular flexibility index (Phi) is 4.35. The number of rotatable bonds is 1. The van der Waals surface area contributed by atoms with Gasteiger partial charge in [-0.05, 0) is 17.4 Å². The molecular weight excluding hydrogens is 172 g/mol. The summed E-state index contributed by atoms with van der Waals surface area (Å²) >= 11 is 0. The van der Waals surface area contributed by atoms with Crippen LogP contribution in [-0.4, -0.2) is 5.11 Å². The zero-order valence-corrected chi connectivity index (χ0v) is 8.12. The van der Waals surface area contributed by atoms with E-state index in [1.54, 1.807) is 0 Å². The van der Waals surface area contributed by atoms with E-state index in [0.717, 1.165) is 12.0 Å². The number of aliphatic hydroxyl groups excluding tert-OH is 1. The summed E-state index contributed by atoms with van der Waals surface area (Å²) in [6, 6.07) is 9.33. The van der Waals surface area contributed by atoms with Gasteiger partial charge in [-0.1, -0.05) is 49.1 Å². The highest BCUT2D eigenvalue weighted by molar-refractivity contribution is 5.31. The third-order valence-electron chi connectivity index (χ3n) is 1.65. The molecule has 0 saturated carbocycles. The van der Waals surface area contributed by atoms with E-state index < -0.39 is 6.10 Å². The van der Waals surface area contributed by atoms with Gasteiger partial charge in [0.25, 0.3) is 0 Å². The third-order valence-corrected chi connectivity index (χ3v) is 1.65. The maximum atomic E-state index is 9.58. The van der Waals surface area contributed by atoms with Gasteiger partial charge in [-0.25, -0.2) is 0 Å². The quantitative estimate of drug-likeness (QED) is 0.663. The number of hydrogen-bond donors (Lipinski definition) is 1. The second-order valence-electron chi connectivity index (χ2n) is 2.74. The number of aliphatic hydroxyl groups is 1. The molecule has 1 N–H and O–H groups in total. The minimum atomic E-state index is -0.734. The van der Waals surface area contributed by atoms with Gasteiger partial charge in [-0.2, -0.15) is 0 Å². The lowest BCUT2D eigenvalue weighted by molar-refractivity contribution is 0.238. The van der Waals surface area contributed by atoms with Crippen LogP contribution in [0.2, 0.25) is 0 Å². The molecule has 1 heteroatoms. The predicted octanol–water partition coefficient (Wildman–Crippen LogP) is 2.14. The first-order valence-corrected chi connectivity index (χ1v) is 4.56. The Morgan fingerprint density at radius 1 is 1.21 bits per heavy atom. The van der Waals surface area contributed by atoms with Crippen LogP contribution in [0.3, 0.4) is 0 Å². The van der Waals surface area contributed by atoms with Crippen LogP contribution in [0.4, 0.5) is 0 Å². The molecule has 0 aliphatic heterocycles. The molecule has 1 nitrogen and oxygen atoms in total. The van der Waals surface area contributed by atoms with Crippen molar-refractivity contribution in [1.29, 1.82) is 0 Å². The first kappa shape index (κ1) is 10.4. The zero-order chi connectivity index (χ0) is 10.2. The van der Waals surface area contributed by atoms with Crippen LogP contribution < -0.4 is 0 Å². The highest BCUT2D eigenvalue weighted by Gasteiger charge is 1.99. The Bertz CT molecular complexity index is 384. The number of hydrogen-bond acceptors (Lipinski definition) is 1. The average molecular weight is 184 g/mol. The molecule has 0 radical (unpaired) electrons. The van der Waals surface area contributed by atoms with E-state index in [9.17, 15) is 5.11 Å². The Morgan fingerprint density at radius 2 is 1.93 bits per heavy atom. The summed E-state index contributed by atoms with van der Waals surface area (Å²) in [4.78, 5) is 0. The first-order chi connectivity index (χ1) is 6.84. The van der Waals surface area contributed by atoms with E-state index >= 15 is 0 Å². The van der Waals surface area contributed by atoms with Crippen molar-refractivity contribution in [2.45, 2.75) is 19.4 Å². The second-order valence-corrected chi connectivity index (χ2v) is 2.74. The molecule has 1 unspecified atom stereocenters. The minimum absolute atomic E-state index is 0.734. The van der Waals surface area contributed by atoms with Crippen molar-refractivity contribution in [1.82, 2.24) is 0 Å². The topological polar surface area (TPSA) is 20.2 Å². The van der Waals surface area contributed by atoms with E-state index in [2.05, 4.69) is 23.7 Å². The summed E-state index contributed by atoms with van der Waals surface area (Å²) in [7, 11) is 0. The highest BCUT2D eigenvalue weighted by atomic mass is 16.3. The predicted molar refractivity (Wildman–Crippen MR) is 57.2 cm³/mol. The Hall–Kier alpha value is -1.70. The molecule has 0 fully saturated rings. The van der Waals surface area contributed by atoms with Crippen LogP contribution in [-0.2, 0) is 0 Å². The van der Waals surface area contributed by atoms with E-state index in [0.29, 0.717) is 0 Å². The molecule has 0 heterocycles. The summed E-state index contributed by atoms with van der Waals surface area (Å²) in [6.07, 6.45) is 0.0539. The summed E-state index contributed by atoms with van der Waals surface area (Å²) in [5, 5.41) is 9.58. The van der Waals surface area contributed by atoms with Gasteiger partial charge in [-0.3, -0.25) is 0 Å². The summed E-state index contributed by atoms with van der Waals surface area (Å²) < 4.78 is 0. The fraction of sp³-hybridized carbons (Fsp3) is 0.231. The van der Waals surface area contributed by atoms with Crippen molar-refractivity contribution in [2.24, 2.45) is 0 Å². The Balaban J connectivity index is 2.66. The maximum absolute atomic E-state index is 9.58. The SMILES string of the molecule is CCC#CC#CC(O)c1ccccc1. The standard InChI is InChI=1S/C13H12O/c1-2-3-4-8-11-13(14)12-9-6-5-7-10-12/h5-7,9-10,13-14H,2H2,1H3. The average Bonchev–Trinajstić information content (AvgIpc) is 2.25. The molecule has 0 aromatic heterocycles. The summed E-state index contributed by atoms with van der Waals surface area (Å²) in [5.74, 6) is 10.8. The molecule has 1 aromatic rings. The fourth-order valence-electron chi connectivity index (χ4n) is 0.956. The molecule has 0 aliphatic rings. The molecule has 0 aliphatic carbocycles. The first-order valence-electron chi connectivity index (χ1n) is 4.56. The van der Waals surface area contributed by atoms with Crippen molar-refractivity contribution in [3.63, 3.8) is 0 Å². The fourth-order valence-corrected chi connectivity index (χ4v) is 0.956. The van der Waals surface area contributed by atoms with Crippen LogP contribution in [0, 0.1) is 23.7 Å². The van der Waals surface area contributed by atoms with Crippen LogP contribution in [0.15, 0.2) is 30.3 Å². The van der Waals surface area contributed by atoms with Crippen molar-refractivity contribution >= 4 is 0 Å². The van der Waals surface area contributed by atoms with E-state index in [1.807, 2.05) is 37.3 Å². The molecule has 0 bridgehead atoms. The Labute approximate surface area is 84.8 Å². The van der Waals surface area contributed by atoms with Gasteiger partial charge in [-0.15, -0.1) is 0 Å². The highest BCUT2D eigenvalue weighted by Crippen LogP contribution is 2.09. The molecule has 1 atom stereocenters. The lowest BCUT2D eigenvalue weighted by Crippen LogP contribution is -1.91. The zero-order valence-electron chi connectivity index (χ0n) is 8.12. The normalized spacial score (nSPS) is 10.4. The maximum Gasteiger partial charge on any atom is 0.141 e. The van der Waals surface area contributed by atoms with Gasteiger partial charge in [0, 0.05) is 6.42 Å². The van der Waals surface area contributed by atoms with Crippen LogP contribution in [0.1, 0.15) is 25.0 Å². The van der Waals surface area contributed by atoms with Gasteiger partial charge in [0.1, 0.15) is 6.10 Å². The molecule has 70 valence electrons. The molecular formula is C13H12O. The van der Waals surface area contributed by atoms with Crippen LogP contribution in [0.5, 0.6) is 0 Å². The van der Waals surface area contributed by atoms with Crippen molar-refractivity contribution in [3.05, 3.63) is 35.9 Å². The smallest absolute Gasteiger partial charge is 0.141 e. The Morgan fingerprint density at radius 3 is 2.57 bits per heavy atom. The van der Waals surface area contributed by atoms with Crippen LogP contribution in [0.25, 0.3) is 0 Å². The van der Waals surface area contributed by atoms with Crippen LogP contribution >= 0.6 is 0 Å². The molecule has 1 rings (SSSR count). The minimum Gasteiger partial charge on any atom is -0.376 e. The van der Waals surface area contributed by atoms with Gasteiger partial charge in [0.15, 0.2) is 0 Å². The van der Waals surface area contributed by atoms with Crippen molar-refractivity contribution in [2.75, 3.05) is 0 Å². The van der Waals surface area contributed by atoms with Gasteiger partial charge < -0.3 is 5.11 Å². The lowest BCUT2D eigenvalue weighted by atomic mass is 10.1. The van der Waals surface area contributed by atoms with Crippen molar-refractivity contribution in [3.8, 4) is 23.7 Å². The molecule has 1 aromatic carbocycles.